The van der Waals surface area contributed by atoms with Crippen molar-refractivity contribution in [3.05, 3.63) is 6.07 Å². The van der Waals surface area contributed by atoms with Crippen molar-refractivity contribution in [2.75, 3.05) is 38.8 Å². The Labute approximate surface area is 108 Å². The van der Waals surface area contributed by atoms with Crippen LogP contribution in [0, 0.1) is 0 Å². The van der Waals surface area contributed by atoms with Crippen LogP contribution in [0.1, 0.15) is 19.8 Å². The van der Waals surface area contributed by atoms with Gasteiger partial charge in [-0.25, -0.2) is 0 Å². The monoisotopic (exact) mass is 255 g/mol. The largest absolute Gasteiger partial charge is 0.481 e. The summed E-state index contributed by atoms with van der Waals surface area (Å²) in [6.07, 6.45) is 2.09. The van der Waals surface area contributed by atoms with Gasteiger partial charge in [-0.2, -0.15) is 9.97 Å². The molecule has 0 aliphatic carbocycles. The summed E-state index contributed by atoms with van der Waals surface area (Å²) in [6, 6.07) is 1.63. The van der Waals surface area contributed by atoms with Crippen LogP contribution in [0.4, 0.5) is 5.95 Å². The lowest BCUT2D eigenvalue weighted by Gasteiger charge is -2.22. The topological polar surface area (TPSA) is 67.7 Å². The maximum absolute atomic E-state index is 9.09. The SMILES string of the molecule is CCCCN(CCO)c1nc(OC)cc(OC)n1. The minimum absolute atomic E-state index is 0.0621. The summed E-state index contributed by atoms with van der Waals surface area (Å²) in [7, 11) is 3.10. The maximum atomic E-state index is 9.09. The first-order valence-corrected chi connectivity index (χ1v) is 6.08. The molecule has 0 unspecified atom stereocenters. The first kappa shape index (κ1) is 14.5. The average molecular weight is 255 g/mol. The molecule has 1 aromatic heterocycles. The van der Waals surface area contributed by atoms with Gasteiger partial charge >= 0.3 is 0 Å². The highest BCUT2D eigenvalue weighted by Crippen LogP contribution is 2.20. The predicted octanol–water partition coefficient (Wildman–Crippen LogP) is 1.09. The van der Waals surface area contributed by atoms with Crippen molar-refractivity contribution in [1.82, 2.24) is 9.97 Å². The molecule has 1 rings (SSSR count). The van der Waals surface area contributed by atoms with Gasteiger partial charge in [0.05, 0.1) is 26.9 Å². The molecule has 0 saturated carbocycles. The van der Waals surface area contributed by atoms with Crippen molar-refractivity contribution in [3.63, 3.8) is 0 Å². The van der Waals surface area contributed by atoms with Gasteiger partial charge in [0.25, 0.3) is 0 Å². The fraction of sp³-hybridized carbons (Fsp3) is 0.667. The van der Waals surface area contributed by atoms with Crippen LogP contribution in [0.5, 0.6) is 11.8 Å². The molecule has 0 aliphatic heterocycles. The summed E-state index contributed by atoms with van der Waals surface area (Å²) in [6.45, 7) is 3.47. The Bertz CT molecular complexity index is 338. The normalized spacial score (nSPS) is 10.2. The number of aromatic nitrogens is 2. The number of aliphatic hydroxyl groups is 1. The molecule has 0 amide bonds. The molecular weight excluding hydrogens is 234 g/mol. The number of nitrogens with zero attached hydrogens (tertiary/aromatic N) is 3. The van der Waals surface area contributed by atoms with E-state index in [0.717, 1.165) is 19.4 Å². The molecule has 102 valence electrons. The fourth-order valence-corrected chi connectivity index (χ4v) is 1.52. The Morgan fingerprint density at radius 1 is 1.17 bits per heavy atom. The fourth-order valence-electron chi connectivity index (χ4n) is 1.52. The number of ether oxygens (including phenoxy) is 2. The lowest BCUT2D eigenvalue weighted by Crippen LogP contribution is -2.29. The van der Waals surface area contributed by atoms with Crippen molar-refractivity contribution in [2.24, 2.45) is 0 Å². The van der Waals surface area contributed by atoms with E-state index in [1.54, 1.807) is 20.3 Å². The van der Waals surface area contributed by atoms with E-state index in [1.165, 1.54) is 0 Å². The molecule has 0 aliphatic rings. The van der Waals surface area contributed by atoms with Crippen molar-refractivity contribution >= 4 is 5.95 Å². The molecule has 1 heterocycles. The third-order valence-electron chi connectivity index (χ3n) is 2.52. The quantitative estimate of drug-likeness (QED) is 0.750. The summed E-state index contributed by atoms with van der Waals surface area (Å²) < 4.78 is 10.2. The van der Waals surface area contributed by atoms with Crippen molar-refractivity contribution in [1.29, 1.82) is 0 Å². The Hall–Kier alpha value is -1.56. The van der Waals surface area contributed by atoms with E-state index in [0.29, 0.717) is 24.3 Å². The van der Waals surface area contributed by atoms with Gasteiger partial charge in [-0.3, -0.25) is 0 Å². The molecule has 0 saturated heterocycles. The second-order valence-corrected chi connectivity index (χ2v) is 3.82. The van der Waals surface area contributed by atoms with Gasteiger partial charge in [0.1, 0.15) is 0 Å². The third kappa shape index (κ3) is 4.03. The molecule has 0 radical (unpaired) electrons. The summed E-state index contributed by atoms with van der Waals surface area (Å²) in [5, 5.41) is 9.09. The summed E-state index contributed by atoms with van der Waals surface area (Å²) in [5.41, 5.74) is 0. The summed E-state index contributed by atoms with van der Waals surface area (Å²) in [4.78, 5) is 10.5. The summed E-state index contributed by atoms with van der Waals surface area (Å²) >= 11 is 0. The van der Waals surface area contributed by atoms with Gasteiger partial charge in [0.2, 0.25) is 17.7 Å². The number of hydrogen-bond acceptors (Lipinski definition) is 6. The standard InChI is InChI=1S/C12H21N3O3/c1-4-5-6-15(7-8-16)12-13-10(17-2)9-11(14-12)18-3/h9,16H,4-8H2,1-3H3. The number of unbranched alkanes of at least 4 members (excludes halogenated alkanes) is 1. The van der Waals surface area contributed by atoms with E-state index in [9.17, 15) is 0 Å². The van der Waals surface area contributed by atoms with Crippen LogP contribution in [0.15, 0.2) is 6.07 Å². The highest BCUT2D eigenvalue weighted by Gasteiger charge is 2.12. The molecule has 0 aromatic carbocycles. The molecule has 1 N–H and O–H groups in total. The molecule has 18 heavy (non-hydrogen) atoms. The zero-order chi connectivity index (χ0) is 13.4. The molecule has 1 aromatic rings. The highest BCUT2D eigenvalue weighted by atomic mass is 16.5. The van der Waals surface area contributed by atoms with Crippen LogP contribution in [-0.2, 0) is 0 Å². The van der Waals surface area contributed by atoms with Gasteiger partial charge in [-0.1, -0.05) is 13.3 Å². The molecule has 0 bridgehead atoms. The van der Waals surface area contributed by atoms with E-state index >= 15 is 0 Å². The first-order valence-electron chi connectivity index (χ1n) is 6.08. The minimum atomic E-state index is 0.0621. The Morgan fingerprint density at radius 3 is 2.22 bits per heavy atom. The smallest absolute Gasteiger partial charge is 0.232 e. The second-order valence-electron chi connectivity index (χ2n) is 3.82. The third-order valence-corrected chi connectivity index (χ3v) is 2.52. The molecule has 6 heteroatoms. The molecule has 0 fully saturated rings. The molecule has 0 atom stereocenters. The van der Waals surface area contributed by atoms with E-state index < -0.39 is 0 Å². The molecule has 6 nitrogen and oxygen atoms in total. The maximum Gasteiger partial charge on any atom is 0.232 e. The Morgan fingerprint density at radius 2 is 1.78 bits per heavy atom. The molecule has 0 spiro atoms. The van der Waals surface area contributed by atoms with Gasteiger partial charge < -0.3 is 19.5 Å². The number of rotatable bonds is 8. The number of methoxy groups -OCH3 is 2. The molecular formula is C12H21N3O3. The first-order chi connectivity index (χ1) is 8.74. The Kier molecular flexibility index (Phi) is 6.21. The van der Waals surface area contributed by atoms with Crippen LogP contribution < -0.4 is 14.4 Å². The van der Waals surface area contributed by atoms with Crippen LogP contribution in [0.3, 0.4) is 0 Å². The number of aliphatic hydroxyl groups excluding tert-OH is 1. The number of hydrogen-bond donors (Lipinski definition) is 1. The van der Waals surface area contributed by atoms with Gasteiger partial charge in [0.15, 0.2) is 0 Å². The second kappa shape index (κ2) is 7.71. The van der Waals surface area contributed by atoms with Crippen LogP contribution in [0.2, 0.25) is 0 Å². The van der Waals surface area contributed by atoms with Gasteiger partial charge in [-0.05, 0) is 6.42 Å². The zero-order valence-corrected chi connectivity index (χ0v) is 11.2. The van der Waals surface area contributed by atoms with E-state index in [-0.39, 0.29) is 6.61 Å². The van der Waals surface area contributed by atoms with E-state index in [1.807, 2.05) is 4.90 Å². The predicted molar refractivity (Wildman–Crippen MR) is 69.3 cm³/mol. The van der Waals surface area contributed by atoms with Crippen LogP contribution in [0.25, 0.3) is 0 Å². The van der Waals surface area contributed by atoms with Crippen LogP contribution in [-0.4, -0.2) is 49.0 Å². The lowest BCUT2D eigenvalue weighted by molar-refractivity contribution is 0.300. The van der Waals surface area contributed by atoms with Crippen molar-refractivity contribution in [3.8, 4) is 11.8 Å². The number of anilines is 1. The Balaban J connectivity index is 2.93. The average Bonchev–Trinajstić information content (AvgIpc) is 2.42. The van der Waals surface area contributed by atoms with E-state index in [2.05, 4.69) is 16.9 Å². The van der Waals surface area contributed by atoms with E-state index in [4.69, 9.17) is 14.6 Å². The van der Waals surface area contributed by atoms with Crippen molar-refractivity contribution in [2.45, 2.75) is 19.8 Å². The summed E-state index contributed by atoms with van der Waals surface area (Å²) in [5.74, 6) is 1.43. The highest BCUT2D eigenvalue weighted by molar-refractivity contribution is 5.36. The zero-order valence-electron chi connectivity index (χ0n) is 11.2. The lowest BCUT2D eigenvalue weighted by atomic mass is 10.3. The van der Waals surface area contributed by atoms with Crippen LogP contribution >= 0.6 is 0 Å². The van der Waals surface area contributed by atoms with Gasteiger partial charge in [-0.15, -0.1) is 0 Å². The minimum Gasteiger partial charge on any atom is -0.481 e. The van der Waals surface area contributed by atoms with Gasteiger partial charge in [0, 0.05) is 13.1 Å². The van der Waals surface area contributed by atoms with Crippen molar-refractivity contribution < 1.29 is 14.6 Å².